The molecule has 0 unspecified atom stereocenters. The smallest absolute Gasteiger partial charge is 0.324 e. The van der Waals surface area contributed by atoms with Crippen molar-refractivity contribution in [2.24, 2.45) is 0 Å². The van der Waals surface area contributed by atoms with Crippen LogP contribution >= 0.6 is 0 Å². The lowest BCUT2D eigenvalue weighted by atomic mass is 10.3. The Labute approximate surface area is 91.7 Å². The maximum atomic E-state index is 10.3. The van der Waals surface area contributed by atoms with E-state index in [9.17, 15) is 14.9 Å². The first-order chi connectivity index (χ1) is 7.67. The maximum Gasteiger partial charge on any atom is 0.324 e. The van der Waals surface area contributed by atoms with Gasteiger partial charge in [-0.2, -0.15) is 0 Å². The first-order valence-electron chi connectivity index (χ1n) is 4.37. The monoisotopic (exact) mass is 222 g/mol. The number of nitrogens with one attached hydrogen (secondary N) is 1. The molecule has 0 aromatic heterocycles. The zero-order chi connectivity index (χ0) is 12.0. The van der Waals surface area contributed by atoms with Gasteiger partial charge in [0.05, 0.1) is 18.2 Å². The summed E-state index contributed by atoms with van der Waals surface area (Å²) >= 11 is 0. The van der Waals surface area contributed by atoms with E-state index in [1.807, 2.05) is 0 Å². The van der Waals surface area contributed by atoms with Crippen LogP contribution in [0.1, 0.15) is 0 Å². The normalized spacial score (nSPS) is 10.7. The first-order valence-corrected chi connectivity index (χ1v) is 4.37. The third-order valence-electron chi connectivity index (χ3n) is 1.79. The Hall–Kier alpha value is -2.37. The molecule has 1 aromatic rings. The maximum absolute atomic E-state index is 10.3. The molecule has 6 heteroatoms. The second-order valence-corrected chi connectivity index (χ2v) is 2.82. The van der Waals surface area contributed by atoms with E-state index < -0.39 is 10.6 Å². The van der Waals surface area contributed by atoms with E-state index in [1.54, 1.807) is 24.3 Å². The van der Waals surface area contributed by atoms with Crippen LogP contribution in [0.25, 0.3) is 0 Å². The molecule has 16 heavy (non-hydrogen) atoms. The molecule has 1 aromatic carbocycles. The molecular weight excluding hydrogens is 212 g/mol. The van der Waals surface area contributed by atoms with Gasteiger partial charge in [0.2, 0.25) is 6.29 Å². The summed E-state index contributed by atoms with van der Waals surface area (Å²) in [4.78, 5) is 19.9. The van der Waals surface area contributed by atoms with Crippen molar-refractivity contribution in [2.45, 2.75) is 0 Å². The summed E-state index contributed by atoms with van der Waals surface area (Å²) in [5, 5.41) is 13.0. The molecule has 0 aliphatic carbocycles. The van der Waals surface area contributed by atoms with E-state index in [4.69, 9.17) is 4.74 Å². The lowest BCUT2D eigenvalue weighted by Crippen LogP contribution is -2.02. The third-order valence-corrected chi connectivity index (χ3v) is 1.79. The van der Waals surface area contributed by atoms with Crippen LogP contribution in [0, 0.1) is 10.1 Å². The molecule has 6 nitrogen and oxygen atoms in total. The predicted molar refractivity (Wildman–Crippen MR) is 57.8 cm³/mol. The minimum Gasteiger partial charge on any atom is -0.497 e. The van der Waals surface area contributed by atoms with Gasteiger partial charge < -0.3 is 10.1 Å². The fourth-order valence-electron chi connectivity index (χ4n) is 1.000. The van der Waals surface area contributed by atoms with Crippen LogP contribution in [0.2, 0.25) is 0 Å². The first kappa shape index (κ1) is 11.7. The van der Waals surface area contributed by atoms with E-state index >= 15 is 0 Å². The second kappa shape index (κ2) is 5.50. The highest BCUT2D eigenvalue weighted by Gasteiger charge is 2.07. The lowest BCUT2D eigenvalue weighted by molar-refractivity contribution is -0.417. The average molecular weight is 222 g/mol. The fourth-order valence-corrected chi connectivity index (χ4v) is 1.000. The molecule has 1 rings (SSSR count). The van der Waals surface area contributed by atoms with Crippen molar-refractivity contribution < 1.29 is 14.5 Å². The van der Waals surface area contributed by atoms with Crippen LogP contribution in [0.5, 0.6) is 5.75 Å². The topological polar surface area (TPSA) is 81.5 Å². The number of hydrogen-bond donors (Lipinski definition) is 1. The number of hydrogen-bond acceptors (Lipinski definition) is 5. The molecule has 0 bridgehead atoms. The molecule has 0 heterocycles. The van der Waals surface area contributed by atoms with Crippen molar-refractivity contribution >= 4 is 12.0 Å². The van der Waals surface area contributed by atoms with Crippen molar-refractivity contribution in [1.82, 2.24) is 0 Å². The number of allylic oxidation sites excluding steroid dienone is 1. The van der Waals surface area contributed by atoms with Crippen LogP contribution < -0.4 is 10.1 Å². The number of aldehydes is 1. The number of nitrogens with zero attached hydrogens (tertiary/aromatic N) is 1. The SMILES string of the molecule is COc1cccc(N/C=C(\C=O)[N+](=O)[O-])c1. The minimum absolute atomic E-state index is 0.174. The summed E-state index contributed by atoms with van der Waals surface area (Å²) in [6.45, 7) is 0. The summed E-state index contributed by atoms with van der Waals surface area (Å²) in [5.41, 5.74) is 0.0587. The van der Waals surface area contributed by atoms with Gasteiger partial charge in [0.1, 0.15) is 5.75 Å². The summed E-state index contributed by atoms with van der Waals surface area (Å²) in [6, 6.07) is 6.81. The summed E-state index contributed by atoms with van der Waals surface area (Å²) in [6.07, 6.45) is 1.20. The Morgan fingerprint density at radius 2 is 2.31 bits per heavy atom. The van der Waals surface area contributed by atoms with Crippen LogP contribution in [0.3, 0.4) is 0 Å². The molecule has 0 atom stereocenters. The Morgan fingerprint density at radius 3 is 2.88 bits per heavy atom. The quantitative estimate of drug-likeness (QED) is 0.352. The molecule has 0 aliphatic heterocycles. The van der Waals surface area contributed by atoms with Gasteiger partial charge in [0.25, 0.3) is 0 Å². The Balaban J connectivity index is 2.80. The van der Waals surface area contributed by atoms with E-state index in [2.05, 4.69) is 5.32 Å². The van der Waals surface area contributed by atoms with Gasteiger partial charge in [-0.05, 0) is 12.1 Å². The number of carbonyl (C=O) groups is 1. The number of rotatable bonds is 5. The highest BCUT2D eigenvalue weighted by atomic mass is 16.6. The van der Waals surface area contributed by atoms with Gasteiger partial charge in [-0.15, -0.1) is 0 Å². The molecule has 0 spiro atoms. The van der Waals surface area contributed by atoms with E-state index in [1.165, 1.54) is 7.11 Å². The molecule has 0 saturated carbocycles. The minimum atomic E-state index is -0.764. The number of anilines is 1. The Kier molecular flexibility index (Phi) is 4.02. The number of carbonyl (C=O) groups excluding carboxylic acids is 1. The van der Waals surface area contributed by atoms with E-state index in [-0.39, 0.29) is 6.29 Å². The van der Waals surface area contributed by atoms with Gasteiger partial charge in [0.15, 0.2) is 0 Å². The summed E-state index contributed by atoms with van der Waals surface area (Å²) < 4.78 is 4.97. The summed E-state index contributed by atoms with van der Waals surface area (Å²) in [7, 11) is 1.52. The van der Waals surface area contributed by atoms with Gasteiger partial charge >= 0.3 is 5.70 Å². The Morgan fingerprint density at radius 1 is 1.56 bits per heavy atom. The van der Waals surface area contributed by atoms with E-state index in [0.717, 1.165) is 6.20 Å². The standard InChI is InChI=1S/C10H10N2O4/c1-16-10-4-2-3-8(5-10)11-6-9(7-13)12(14)15/h2-7,11H,1H3/b9-6+. The zero-order valence-corrected chi connectivity index (χ0v) is 8.54. The number of benzene rings is 1. The van der Waals surface area contributed by atoms with Crippen molar-refractivity contribution in [3.8, 4) is 5.75 Å². The molecular formula is C10H10N2O4. The molecule has 1 N–H and O–H groups in total. The van der Waals surface area contributed by atoms with Crippen LogP contribution in [0.15, 0.2) is 36.2 Å². The number of methoxy groups -OCH3 is 1. The second-order valence-electron chi connectivity index (χ2n) is 2.82. The van der Waals surface area contributed by atoms with Gasteiger partial charge in [-0.25, -0.2) is 0 Å². The van der Waals surface area contributed by atoms with Crippen LogP contribution in [0.4, 0.5) is 5.69 Å². The zero-order valence-electron chi connectivity index (χ0n) is 8.54. The predicted octanol–water partition coefficient (Wildman–Crippen LogP) is 1.42. The number of ether oxygens (including phenoxy) is 1. The van der Waals surface area contributed by atoms with Gasteiger partial charge in [-0.1, -0.05) is 6.07 Å². The highest BCUT2D eigenvalue weighted by Crippen LogP contribution is 2.16. The van der Waals surface area contributed by atoms with Gasteiger partial charge in [-0.3, -0.25) is 14.9 Å². The molecule has 0 saturated heterocycles. The largest absolute Gasteiger partial charge is 0.497 e. The molecule has 84 valence electrons. The molecule has 0 aliphatic rings. The van der Waals surface area contributed by atoms with Gasteiger partial charge in [0, 0.05) is 11.8 Å². The van der Waals surface area contributed by atoms with Crippen molar-refractivity contribution in [3.05, 3.63) is 46.3 Å². The van der Waals surface area contributed by atoms with Crippen LogP contribution in [-0.2, 0) is 4.79 Å². The lowest BCUT2D eigenvalue weighted by Gasteiger charge is -2.03. The van der Waals surface area contributed by atoms with E-state index in [0.29, 0.717) is 11.4 Å². The Bertz CT molecular complexity index is 429. The van der Waals surface area contributed by atoms with Crippen molar-refractivity contribution in [2.75, 3.05) is 12.4 Å². The molecule has 0 fully saturated rings. The highest BCUT2D eigenvalue weighted by molar-refractivity contribution is 5.70. The fraction of sp³-hybridized carbons (Fsp3) is 0.100. The average Bonchev–Trinajstić information content (AvgIpc) is 2.29. The number of nitro groups is 1. The molecule has 0 radical (unpaired) electrons. The van der Waals surface area contributed by atoms with Crippen molar-refractivity contribution in [1.29, 1.82) is 0 Å². The third kappa shape index (κ3) is 3.09. The molecule has 0 amide bonds. The van der Waals surface area contributed by atoms with Crippen molar-refractivity contribution in [3.63, 3.8) is 0 Å². The summed E-state index contributed by atoms with van der Waals surface area (Å²) in [5.74, 6) is 0.618. The van der Waals surface area contributed by atoms with Crippen LogP contribution in [-0.4, -0.2) is 18.3 Å².